The summed E-state index contributed by atoms with van der Waals surface area (Å²) in [5, 5.41) is -0.103. The SMILES string of the molecule is O=Cc1cc(C(F)(F)F)ccc1-c1ccc(Cl)c(F)c1. The molecule has 0 N–H and O–H groups in total. The minimum absolute atomic E-state index is 0.103. The Kier molecular flexibility index (Phi) is 3.81. The normalized spacial score (nSPS) is 11.4. The molecular weight excluding hydrogens is 296 g/mol. The van der Waals surface area contributed by atoms with Gasteiger partial charge in [-0.1, -0.05) is 23.7 Å². The fourth-order valence-corrected chi connectivity index (χ4v) is 1.88. The van der Waals surface area contributed by atoms with Crippen molar-refractivity contribution in [2.75, 3.05) is 0 Å². The van der Waals surface area contributed by atoms with Gasteiger partial charge in [0.1, 0.15) is 5.82 Å². The number of hydrogen-bond acceptors (Lipinski definition) is 1. The van der Waals surface area contributed by atoms with Crippen LogP contribution < -0.4 is 0 Å². The van der Waals surface area contributed by atoms with Gasteiger partial charge in [-0.25, -0.2) is 4.39 Å². The van der Waals surface area contributed by atoms with Crippen molar-refractivity contribution < 1.29 is 22.4 Å². The van der Waals surface area contributed by atoms with Gasteiger partial charge < -0.3 is 0 Å². The molecule has 0 aliphatic carbocycles. The average Bonchev–Trinajstić information content (AvgIpc) is 2.40. The molecule has 2 aromatic carbocycles. The van der Waals surface area contributed by atoms with E-state index in [2.05, 4.69) is 0 Å². The lowest BCUT2D eigenvalue weighted by atomic mass is 9.98. The molecular formula is C14H7ClF4O. The minimum atomic E-state index is -4.54. The monoisotopic (exact) mass is 302 g/mol. The molecule has 0 aromatic heterocycles. The lowest BCUT2D eigenvalue weighted by molar-refractivity contribution is -0.137. The summed E-state index contributed by atoms with van der Waals surface area (Å²) in [6, 6.07) is 6.48. The van der Waals surface area contributed by atoms with Crippen molar-refractivity contribution in [1.29, 1.82) is 0 Å². The summed E-state index contributed by atoms with van der Waals surface area (Å²) < 4.78 is 51.1. The van der Waals surface area contributed by atoms with Crippen LogP contribution in [0.2, 0.25) is 5.02 Å². The molecule has 2 aromatic rings. The number of hydrogen-bond donors (Lipinski definition) is 0. The summed E-state index contributed by atoms with van der Waals surface area (Å²) in [7, 11) is 0. The zero-order chi connectivity index (χ0) is 14.9. The largest absolute Gasteiger partial charge is 0.416 e. The summed E-state index contributed by atoms with van der Waals surface area (Å²) in [5.74, 6) is -0.707. The van der Waals surface area contributed by atoms with Gasteiger partial charge in [-0.3, -0.25) is 4.79 Å². The van der Waals surface area contributed by atoms with E-state index in [0.29, 0.717) is 6.29 Å². The molecule has 0 aliphatic heterocycles. The van der Waals surface area contributed by atoms with Gasteiger partial charge in [0.05, 0.1) is 10.6 Å². The maximum atomic E-state index is 13.4. The van der Waals surface area contributed by atoms with Crippen molar-refractivity contribution >= 4 is 17.9 Å². The molecule has 0 unspecified atom stereocenters. The van der Waals surface area contributed by atoms with Gasteiger partial charge in [0.25, 0.3) is 0 Å². The maximum absolute atomic E-state index is 13.4. The Labute approximate surface area is 116 Å². The third-order valence-electron chi connectivity index (χ3n) is 2.74. The first kappa shape index (κ1) is 14.5. The van der Waals surface area contributed by atoms with Gasteiger partial charge in [-0.2, -0.15) is 13.2 Å². The topological polar surface area (TPSA) is 17.1 Å². The van der Waals surface area contributed by atoms with Crippen molar-refractivity contribution in [3.8, 4) is 11.1 Å². The lowest BCUT2D eigenvalue weighted by Gasteiger charge is -2.11. The quantitative estimate of drug-likeness (QED) is 0.565. The van der Waals surface area contributed by atoms with E-state index < -0.39 is 17.6 Å². The van der Waals surface area contributed by atoms with E-state index in [-0.39, 0.29) is 21.7 Å². The number of carbonyl (C=O) groups excluding carboxylic acids is 1. The summed E-state index contributed by atoms with van der Waals surface area (Å²) in [6.07, 6.45) is -4.24. The van der Waals surface area contributed by atoms with E-state index >= 15 is 0 Å². The van der Waals surface area contributed by atoms with Crippen LogP contribution in [-0.2, 0) is 6.18 Å². The van der Waals surface area contributed by atoms with Crippen LogP contribution in [0, 0.1) is 5.82 Å². The molecule has 0 heterocycles. The van der Waals surface area contributed by atoms with Crippen LogP contribution in [0.5, 0.6) is 0 Å². The Morgan fingerprint density at radius 2 is 1.75 bits per heavy atom. The first-order valence-corrected chi connectivity index (χ1v) is 5.82. The number of rotatable bonds is 2. The first-order valence-electron chi connectivity index (χ1n) is 5.45. The second kappa shape index (κ2) is 5.25. The number of benzene rings is 2. The zero-order valence-corrected chi connectivity index (χ0v) is 10.6. The molecule has 1 nitrogen and oxygen atoms in total. The third kappa shape index (κ3) is 2.82. The smallest absolute Gasteiger partial charge is 0.298 e. The van der Waals surface area contributed by atoms with Crippen LogP contribution >= 0.6 is 11.6 Å². The van der Waals surface area contributed by atoms with Crippen LogP contribution in [0.1, 0.15) is 15.9 Å². The Morgan fingerprint density at radius 1 is 1.05 bits per heavy atom. The second-order valence-corrected chi connectivity index (χ2v) is 4.45. The van der Waals surface area contributed by atoms with Gasteiger partial charge in [-0.15, -0.1) is 0 Å². The summed E-state index contributed by atoms with van der Waals surface area (Å²) >= 11 is 5.53. The number of carbonyl (C=O) groups is 1. The van der Waals surface area contributed by atoms with Crippen LogP contribution in [0.3, 0.4) is 0 Å². The molecule has 0 saturated carbocycles. The lowest BCUT2D eigenvalue weighted by Crippen LogP contribution is -2.06. The zero-order valence-electron chi connectivity index (χ0n) is 9.84. The second-order valence-electron chi connectivity index (χ2n) is 4.05. The molecule has 0 fully saturated rings. The van der Waals surface area contributed by atoms with E-state index in [4.69, 9.17) is 11.6 Å². The van der Waals surface area contributed by atoms with Gasteiger partial charge >= 0.3 is 6.18 Å². The van der Waals surface area contributed by atoms with Crippen molar-refractivity contribution in [3.63, 3.8) is 0 Å². The summed E-state index contributed by atoms with van der Waals surface area (Å²) in [6.45, 7) is 0. The van der Waals surface area contributed by atoms with Crippen molar-refractivity contribution in [1.82, 2.24) is 0 Å². The summed E-state index contributed by atoms with van der Waals surface area (Å²) in [4.78, 5) is 10.9. The Hall–Kier alpha value is -1.88. The van der Waals surface area contributed by atoms with Gasteiger partial charge in [-0.05, 0) is 35.4 Å². The van der Waals surface area contributed by atoms with Crippen LogP contribution in [-0.4, -0.2) is 6.29 Å². The van der Waals surface area contributed by atoms with Crippen molar-refractivity contribution in [2.24, 2.45) is 0 Å². The molecule has 0 spiro atoms. The molecule has 20 heavy (non-hydrogen) atoms. The third-order valence-corrected chi connectivity index (χ3v) is 3.04. The van der Waals surface area contributed by atoms with E-state index in [9.17, 15) is 22.4 Å². The van der Waals surface area contributed by atoms with Crippen molar-refractivity contribution in [2.45, 2.75) is 6.18 Å². The molecule has 0 bridgehead atoms. The minimum Gasteiger partial charge on any atom is -0.298 e. The Balaban J connectivity index is 2.57. The van der Waals surface area contributed by atoms with E-state index in [1.165, 1.54) is 12.1 Å². The molecule has 2 rings (SSSR count). The molecule has 0 radical (unpaired) electrons. The fraction of sp³-hybridized carbons (Fsp3) is 0.0714. The van der Waals surface area contributed by atoms with Crippen molar-refractivity contribution in [3.05, 3.63) is 58.4 Å². The van der Waals surface area contributed by atoms with Gasteiger partial charge in [0.2, 0.25) is 0 Å². The van der Waals surface area contributed by atoms with Crippen LogP contribution in [0.25, 0.3) is 11.1 Å². The fourth-order valence-electron chi connectivity index (χ4n) is 1.76. The van der Waals surface area contributed by atoms with Gasteiger partial charge in [0.15, 0.2) is 6.29 Å². The first-order chi connectivity index (χ1) is 9.32. The highest BCUT2D eigenvalue weighted by atomic mass is 35.5. The highest BCUT2D eigenvalue weighted by Crippen LogP contribution is 2.33. The van der Waals surface area contributed by atoms with Crippen LogP contribution in [0.4, 0.5) is 17.6 Å². The molecule has 0 amide bonds. The predicted molar refractivity (Wildman–Crippen MR) is 67.2 cm³/mol. The van der Waals surface area contributed by atoms with E-state index in [1.807, 2.05) is 0 Å². The number of aldehydes is 1. The highest BCUT2D eigenvalue weighted by molar-refractivity contribution is 6.30. The molecule has 0 aliphatic rings. The number of alkyl halides is 3. The Morgan fingerprint density at radius 3 is 2.30 bits per heavy atom. The van der Waals surface area contributed by atoms with E-state index in [1.54, 1.807) is 0 Å². The molecule has 104 valence electrons. The standard InChI is InChI=1S/C14H7ClF4O/c15-12-4-1-8(6-13(12)16)11-3-2-10(14(17,18)19)5-9(11)7-20/h1-7H. The predicted octanol–water partition coefficient (Wildman–Crippen LogP) is 4.98. The number of halogens is 5. The Bertz CT molecular complexity index is 665. The maximum Gasteiger partial charge on any atom is 0.416 e. The molecule has 0 atom stereocenters. The molecule has 6 heteroatoms. The molecule has 0 saturated heterocycles. The average molecular weight is 303 g/mol. The van der Waals surface area contributed by atoms with E-state index in [0.717, 1.165) is 24.3 Å². The van der Waals surface area contributed by atoms with Gasteiger partial charge in [0, 0.05) is 5.56 Å². The summed E-state index contributed by atoms with van der Waals surface area (Å²) in [5.41, 5.74) is -0.606. The van der Waals surface area contributed by atoms with Crippen LogP contribution in [0.15, 0.2) is 36.4 Å². The highest BCUT2D eigenvalue weighted by Gasteiger charge is 2.31.